The molecular formula is C41H62N12O13. The van der Waals surface area contributed by atoms with Gasteiger partial charge in [0.1, 0.15) is 32.2 Å². The Kier molecular flexibility index (Phi) is 25.5. The Morgan fingerprint density at radius 3 is 1.38 bits per heavy atom. The van der Waals surface area contributed by atoms with Crippen molar-refractivity contribution in [2.45, 2.75) is 37.6 Å². The number of hydrogen-bond acceptors (Lipinski definition) is 13. The highest BCUT2D eigenvalue weighted by Crippen LogP contribution is 2.22. The number of aryl methyl sites for hydroxylation is 1. The topological polar surface area (TPSA) is 318 Å². The summed E-state index contributed by atoms with van der Waals surface area (Å²) in [5, 5.41) is 28.6. The summed E-state index contributed by atoms with van der Waals surface area (Å²) in [7, 11) is 1.45. The molecule has 0 bridgehead atoms. The van der Waals surface area contributed by atoms with Gasteiger partial charge in [-0.05, 0) is 18.6 Å². The van der Waals surface area contributed by atoms with Crippen molar-refractivity contribution in [1.29, 1.82) is 0 Å². The van der Waals surface area contributed by atoms with Gasteiger partial charge in [-0.3, -0.25) is 0 Å². The van der Waals surface area contributed by atoms with Crippen molar-refractivity contribution in [1.82, 2.24) is 63.4 Å². The minimum Gasteiger partial charge on any atom is -0.496 e. The summed E-state index contributed by atoms with van der Waals surface area (Å²) < 4.78 is 25.6. The molecule has 0 aliphatic carbocycles. The summed E-state index contributed by atoms with van der Waals surface area (Å²) in [6.07, 6.45) is 2.02. The van der Waals surface area contributed by atoms with Crippen molar-refractivity contribution in [2.24, 2.45) is 0 Å². The number of nitrogens with one attached hydrogen (secondary N) is 11. The van der Waals surface area contributed by atoms with Crippen LogP contribution in [0.4, 0.5) is 38.4 Å². The first-order valence-electron chi connectivity index (χ1n) is 20.6. The Bertz CT molecular complexity index is 1830. The number of rotatable bonds is 19. The summed E-state index contributed by atoms with van der Waals surface area (Å²) in [6, 6.07) is -1.89. The zero-order valence-corrected chi connectivity index (χ0v) is 37.1. The summed E-state index contributed by atoms with van der Waals surface area (Å²) >= 11 is 0. The number of methoxy groups -OCH3 is 1. The Labute approximate surface area is 382 Å². The SMILES string of the molecule is C=CCOC(=O)NC[C@H]1CNC(=O)N[C@@H](CNC(=O)OCC=C)CNC(=O)N(Cc2ccc(C)cc2OC)[C@@H](CNC(=O)OCC=C)CNC(=O)N[C@@H](CNC(=O)OCC=C)CNC(=O)N1. The third-order valence-electron chi connectivity index (χ3n) is 8.80. The molecule has 0 aromatic heterocycles. The minimum absolute atomic E-state index is 0.102. The fourth-order valence-corrected chi connectivity index (χ4v) is 5.57. The fourth-order valence-electron chi connectivity index (χ4n) is 5.57. The highest BCUT2D eigenvalue weighted by molar-refractivity contribution is 5.78. The van der Waals surface area contributed by atoms with Crippen molar-refractivity contribution < 1.29 is 62.0 Å². The Morgan fingerprint density at radius 1 is 0.606 bits per heavy atom. The van der Waals surface area contributed by atoms with E-state index in [2.05, 4.69) is 84.8 Å². The van der Waals surface area contributed by atoms with Gasteiger partial charge < -0.3 is 87.1 Å². The maximum atomic E-state index is 14.4. The number of benzene rings is 1. The van der Waals surface area contributed by atoms with Crippen LogP contribution in [0.5, 0.6) is 5.75 Å². The van der Waals surface area contributed by atoms with E-state index in [0.717, 1.165) is 5.56 Å². The number of alkyl carbamates (subject to hydrolysis) is 4. The third-order valence-corrected chi connectivity index (χ3v) is 8.80. The molecule has 0 radical (unpaired) electrons. The molecule has 0 saturated carbocycles. The highest BCUT2D eigenvalue weighted by Gasteiger charge is 2.29. The van der Waals surface area contributed by atoms with Crippen LogP contribution in [-0.2, 0) is 25.5 Å². The Morgan fingerprint density at radius 2 is 0.985 bits per heavy atom. The predicted octanol–water partition coefficient (Wildman–Crippen LogP) is 0.550. The number of urea groups is 4. The molecule has 1 aliphatic rings. The fraction of sp³-hybridized carbons (Fsp3) is 0.463. The predicted molar refractivity (Wildman–Crippen MR) is 240 cm³/mol. The molecule has 1 saturated heterocycles. The van der Waals surface area contributed by atoms with Gasteiger partial charge in [0.2, 0.25) is 0 Å². The van der Waals surface area contributed by atoms with Crippen molar-refractivity contribution in [3.63, 3.8) is 0 Å². The Balaban J connectivity index is 2.61. The Hall–Kier alpha value is -7.86. The average molecular weight is 931 g/mol. The van der Waals surface area contributed by atoms with Gasteiger partial charge in [-0.15, -0.1) is 0 Å². The van der Waals surface area contributed by atoms with E-state index in [4.69, 9.17) is 23.7 Å². The molecule has 2 rings (SSSR count). The quantitative estimate of drug-likeness (QED) is 0.0668. The first-order valence-corrected chi connectivity index (χ1v) is 20.6. The highest BCUT2D eigenvalue weighted by atomic mass is 16.6. The molecule has 364 valence electrons. The first-order chi connectivity index (χ1) is 31.7. The molecular weight excluding hydrogens is 869 g/mol. The van der Waals surface area contributed by atoms with Crippen LogP contribution in [0.1, 0.15) is 11.1 Å². The third kappa shape index (κ3) is 22.5. The van der Waals surface area contributed by atoms with Crippen LogP contribution in [0.2, 0.25) is 0 Å². The van der Waals surface area contributed by atoms with E-state index < -0.39 is 72.7 Å². The van der Waals surface area contributed by atoms with E-state index in [-0.39, 0.29) is 85.3 Å². The van der Waals surface area contributed by atoms with E-state index >= 15 is 0 Å². The zero-order chi connectivity index (χ0) is 48.7. The van der Waals surface area contributed by atoms with Crippen molar-refractivity contribution in [2.75, 3.05) is 85.9 Å². The van der Waals surface area contributed by atoms with E-state index in [0.29, 0.717) is 11.3 Å². The molecule has 1 aliphatic heterocycles. The van der Waals surface area contributed by atoms with Gasteiger partial charge in [0, 0.05) is 57.9 Å². The van der Waals surface area contributed by atoms with Gasteiger partial charge in [0.05, 0.1) is 37.8 Å². The van der Waals surface area contributed by atoms with Crippen LogP contribution in [0.15, 0.2) is 68.8 Å². The molecule has 0 spiro atoms. The molecule has 66 heavy (non-hydrogen) atoms. The summed E-state index contributed by atoms with van der Waals surface area (Å²) in [5.41, 5.74) is 1.39. The molecule has 1 fully saturated rings. The number of carbonyl (C=O) groups is 8. The van der Waals surface area contributed by atoms with Crippen LogP contribution in [0, 0.1) is 6.92 Å². The van der Waals surface area contributed by atoms with Crippen LogP contribution in [-0.4, -0.2) is 163 Å². The van der Waals surface area contributed by atoms with E-state index in [1.807, 2.05) is 6.92 Å². The number of carbonyl (C=O) groups excluding carboxylic acids is 8. The van der Waals surface area contributed by atoms with Gasteiger partial charge in [0.25, 0.3) is 0 Å². The molecule has 1 heterocycles. The molecule has 0 unspecified atom stereocenters. The van der Waals surface area contributed by atoms with Crippen LogP contribution < -0.4 is 63.2 Å². The van der Waals surface area contributed by atoms with Gasteiger partial charge in [0.15, 0.2) is 0 Å². The lowest BCUT2D eigenvalue weighted by Crippen LogP contribution is -2.60. The van der Waals surface area contributed by atoms with Crippen LogP contribution in [0.25, 0.3) is 0 Å². The molecule has 12 amide bonds. The monoisotopic (exact) mass is 930 g/mol. The molecule has 25 nitrogen and oxygen atoms in total. The van der Waals surface area contributed by atoms with Gasteiger partial charge >= 0.3 is 48.5 Å². The van der Waals surface area contributed by atoms with Gasteiger partial charge in [-0.2, -0.15) is 0 Å². The number of hydrogen-bond donors (Lipinski definition) is 11. The summed E-state index contributed by atoms with van der Waals surface area (Å²) in [4.78, 5) is 106. The second kappa shape index (κ2) is 31.1. The molecule has 25 heteroatoms. The summed E-state index contributed by atoms with van der Waals surface area (Å²) in [5.74, 6) is 0.427. The number of ether oxygens (including phenoxy) is 5. The molecule has 1 aromatic carbocycles. The van der Waals surface area contributed by atoms with E-state index in [1.165, 1.54) is 36.3 Å². The average Bonchev–Trinajstić information content (AvgIpc) is 3.30. The first kappa shape index (κ1) is 54.3. The van der Waals surface area contributed by atoms with E-state index in [1.54, 1.807) is 18.2 Å². The number of nitrogens with zero attached hydrogens (tertiary/aromatic N) is 1. The van der Waals surface area contributed by atoms with E-state index in [9.17, 15) is 38.4 Å². The van der Waals surface area contributed by atoms with Crippen molar-refractivity contribution in [3.8, 4) is 5.75 Å². The normalized spacial score (nSPS) is 18.4. The molecule has 11 N–H and O–H groups in total. The molecule has 4 atom stereocenters. The lowest BCUT2D eigenvalue weighted by atomic mass is 10.1. The van der Waals surface area contributed by atoms with Gasteiger partial charge in [-0.25, -0.2) is 38.4 Å². The van der Waals surface area contributed by atoms with Crippen LogP contribution in [0.3, 0.4) is 0 Å². The second-order valence-electron chi connectivity index (χ2n) is 14.0. The van der Waals surface area contributed by atoms with Gasteiger partial charge in [-0.1, -0.05) is 62.8 Å². The van der Waals surface area contributed by atoms with Crippen molar-refractivity contribution in [3.05, 3.63) is 79.9 Å². The minimum atomic E-state index is -1.03. The number of amides is 12. The maximum Gasteiger partial charge on any atom is 0.407 e. The largest absolute Gasteiger partial charge is 0.496 e. The lowest BCUT2D eigenvalue weighted by Gasteiger charge is -2.33. The van der Waals surface area contributed by atoms with Crippen LogP contribution >= 0.6 is 0 Å². The lowest BCUT2D eigenvalue weighted by molar-refractivity contribution is 0.144. The second-order valence-corrected chi connectivity index (χ2v) is 14.0. The standard InChI is InChI=1S/C41H62N12O13/c1-7-13-63-38(58)46-21-29-18-43-35(55)52-31(23-48-40(60)65-15-9-3)20-45-37(57)53(26-28-12-11-27(5)17-33(28)62-6)32(25-49-41(61)66-16-10-4)24-44-36(56)51-30(19-42-34(54)50-29)22-47-39(59)64-14-8-2/h7-12,17,29-32H,1-4,13-16,18-26H2,5-6H3,(H,45,57)(H,46,58)(H,47,59)(H,48,60)(H,49,61)(H2,42,50,54)(H2,43,52,55)(H2,44,51,56)/t29-,30-,31-,32-/m1/s1. The maximum absolute atomic E-state index is 14.4. The summed E-state index contributed by atoms with van der Waals surface area (Å²) in [6.45, 7) is 13.0. The molecule has 1 aromatic rings. The van der Waals surface area contributed by atoms with Crippen molar-refractivity contribution >= 4 is 48.5 Å². The zero-order valence-electron chi connectivity index (χ0n) is 37.1. The smallest absolute Gasteiger partial charge is 0.407 e.